The molecule has 2 aromatic rings. The zero-order chi connectivity index (χ0) is 17.1. The van der Waals surface area contributed by atoms with E-state index in [1.165, 1.54) is 5.56 Å². The molecule has 24 heavy (non-hydrogen) atoms. The molecule has 2 aromatic carbocycles. The number of aryl methyl sites for hydroxylation is 1. The highest BCUT2D eigenvalue weighted by Gasteiger charge is 2.34. The minimum Gasteiger partial charge on any atom is -0.338 e. The molecule has 1 atom stereocenters. The summed E-state index contributed by atoms with van der Waals surface area (Å²) >= 11 is 5.84. The molecule has 2 amide bonds. The van der Waals surface area contributed by atoms with Crippen molar-refractivity contribution in [2.45, 2.75) is 19.9 Å². The Bertz CT molecular complexity index is 741. The molecule has 0 bridgehead atoms. The van der Waals surface area contributed by atoms with Gasteiger partial charge in [-0.05, 0) is 36.8 Å². The molecule has 124 valence electrons. The van der Waals surface area contributed by atoms with E-state index in [1.807, 2.05) is 31.2 Å². The molecule has 4 nitrogen and oxygen atoms in total. The van der Waals surface area contributed by atoms with Gasteiger partial charge in [0.05, 0.1) is 5.92 Å². The van der Waals surface area contributed by atoms with Crippen LogP contribution in [0.1, 0.15) is 17.5 Å². The number of anilines is 1. The third-order valence-corrected chi connectivity index (χ3v) is 4.44. The predicted octanol–water partition coefficient (Wildman–Crippen LogP) is 3.64. The zero-order valence-electron chi connectivity index (χ0n) is 13.5. The highest BCUT2D eigenvalue weighted by molar-refractivity contribution is 6.30. The lowest BCUT2D eigenvalue weighted by atomic mass is 10.1. The normalized spacial score (nSPS) is 17.2. The van der Waals surface area contributed by atoms with Crippen molar-refractivity contribution in [1.82, 2.24) is 4.90 Å². The first-order chi connectivity index (χ1) is 11.5. The molecule has 5 heteroatoms. The highest BCUT2D eigenvalue weighted by Crippen LogP contribution is 2.22. The second-order valence-electron chi connectivity index (χ2n) is 6.16. The topological polar surface area (TPSA) is 49.4 Å². The van der Waals surface area contributed by atoms with Crippen LogP contribution in [0.25, 0.3) is 0 Å². The number of hydrogen-bond donors (Lipinski definition) is 1. The lowest BCUT2D eigenvalue weighted by molar-refractivity contribution is -0.128. The summed E-state index contributed by atoms with van der Waals surface area (Å²) in [4.78, 5) is 26.3. The summed E-state index contributed by atoms with van der Waals surface area (Å²) in [5.41, 5.74) is 2.95. The number of likely N-dealkylation sites (tertiary alicyclic amines) is 1. The van der Waals surface area contributed by atoms with E-state index >= 15 is 0 Å². The van der Waals surface area contributed by atoms with Crippen LogP contribution in [0.4, 0.5) is 5.69 Å². The average molecular weight is 343 g/mol. The van der Waals surface area contributed by atoms with Crippen molar-refractivity contribution in [3.63, 3.8) is 0 Å². The quantitative estimate of drug-likeness (QED) is 0.922. The summed E-state index contributed by atoms with van der Waals surface area (Å²) in [6.07, 6.45) is 0.255. The maximum Gasteiger partial charge on any atom is 0.229 e. The van der Waals surface area contributed by atoms with Gasteiger partial charge in [-0.15, -0.1) is 0 Å². The molecule has 1 saturated heterocycles. The number of nitrogens with one attached hydrogen (secondary N) is 1. The Morgan fingerprint density at radius 2 is 1.83 bits per heavy atom. The van der Waals surface area contributed by atoms with Gasteiger partial charge in [-0.25, -0.2) is 0 Å². The molecule has 1 aliphatic heterocycles. The molecular weight excluding hydrogens is 324 g/mol. The van der Waals surface area contributed by atoms with Gasteiger partial charge in [0.2, 0.25) is 11.8 Å². The molecule has 3 rings (SSSR count). The lowest BCUT2D eigenvalue weighted by Gasteiger charge is -2.17. The first-order valence-electron chi connectivity index (χ1n) is 7.91. The smallest absolute Gasteiger partial charge is 0.229 e. The zero-order valence-corrected chi connectivity index (χ0v) is 14.2. The van der Waals surface area contributed by atoms with E-state index in [0.29, 0.717) is 23.8 Å². The standard InChI is InChI=1S/C19H19ClN2O2/c1-13-2-4-14(5-3-13)11-22-12-15(10-18(22)23)19(24)21-17-8-6-16(20)7-9-17/h2-9,15H,10-12H2,1H3,(H,21,24)/t15-/m1/s1. The summed E-state index contributed by atoms with van der Waals surface area (Å²) in [5.74, 6) is -0.428. The van der Waals surface area contributed by atoms with Crippen LogP contribution >= 0.6 is 11.6 Å². The van der Waals surface area contributed by atoms with Crippen LogP contribution < -0.4 is 5.32 Å². The summed E-state index contributed by atoms with van der Waals surface area (Å²) < 4.78 is 0. The molecule has 0 aliphatic carbocycles. The van der Waals surface area contributed by atoms with Gasteiger partial charge < -0.3 is 10.2 Å². The number of benzene rings is 2. The Morgan fingerprint density at radius 1 is 1.17 bits per heavy atom. The van der Waals surface area contributed by atoms with Crippen LogP contribution in [0.3, 0.4) is 0 Å². The predicted molar refractivity (Wildman–Crippen MR) is 94.8 cm³/mol. The van der Waals surface area contributed by atoms with Crippen LogP contribution in [0.15, 0.2) is 48.5 Å². The number of hydrogen-bond acceptors (Lipinski definition) is 2. The number of rotatable bonds is 4. The van der Waals surface area contributed by atoms with E-state index in [1.54, 1.807) is 29.2 Å². The number of carbonyl (C=O) groups excluding carboxylic acids is 2. The Balaban J connectivity index is 1.60. The van der Waals surface area contributed by atoms with E-state index in [9.17, 15) is 9.59 Å². The lowest BCUT2D eigenvalue weighted by Crippen LogP contribution is -2.28. The molecule has 0 unspecified atom stereocenters. The third-order valence-electron chi connectivity index (χ3n) is 4.19. The van der Waals surface area contributed by atoms with Crippen molar-refractivity contribution in [2.24, 2.45) is 5.92 Å². The molecule has 0 saturated carbocycles. The van der Waals surface area contributed by atoms with Crippen molar-refractivity contribution in [3.05, 3.63) is 64.7 Å². The van der Waals surface area contributed by atoms with Crippen molar-refractivity contribution in [1.29, 1.82) is 0 Å². The molecule has 1 heterocycles. The highest BCUT2D eigenvalue weighted by atomic mass is 35.5. The molecule has 0 aromatic heterocycles. The Hall–Kier alpha value is -2.33. The van der Waals surface area contributed by atoms with Gasteiger partial charge in [0.1, 0.15) is 0 Å². The SMILES string of the molecule is Cc1ccc(CN2C[C@H](C(=O)Nc3ccc(Cl)cc3)CC2=O)cc1. The summed E-state index contributed by atoms with van der Waals surface area (Å²) in [7, 11) is 0. The molecule has 1 aliphatic rings. The summed E-state index contributed by atoms with van der Waals surface area (Å²) in [6.45, 7) is 3.03. The second kappa shape index (κ2) is 7.05. The maximum absolute atomic E-state index is 12.4. The fourth-order valence-electron chi connectivity index (χ4n) is 2.79. The third kappa shape index (κ3) is 3.95. The Labute approximate surface area is 146 Å². The van der Waals surface area contributed by atoms with E-state index in [4.69, 9.17) is 11.6 Å². The van der Waals surface area contributed by atoms with E-state index in [-0.39, 0.29) is 24.2 Å². The van der Waals surface area contributed by atoms with Crippen molar-refractivity contribution < 1.29 is 9.59 Å². The fourth-order valence-corrected chi connectivity index (χ4v) is 2.92. The van der Waals surface area contributed by atoms with Crippen LogP contribution in [0.2, 0.25) is 5.02 Å². The summed E-state index contributed by atoms with van der Waals surface area (Å²) in [5, 5.41) is 3.47. The number of halogens is 1. The van der Waals surface area contributed by atoms with Crippen LogP contribution in [-0.2, 0) is 16.1 Å². The minimum absolute atomic E-state index is 0.0202. The van der Waals surface area contributed by atoms with Crippen LogP contribution in [0.5, 0.6) is 0 Å². The number of carbonyl (C=O) groups is 2. The molecule has 0 radical (unpaired) electrons. The van der Waals surface area contributed by atoms with E-state index < -0.39 is 0 Å². The molecule has 0 spiro atoms. The van der Waals surface area contributed by atoms with E-state index in [0.717, 1.165) is 5.56 Å². The minimum atomic E-state index is -0.321. The van der Waals surface area contributed by atoms with Crippen LogP contribution in [-0.4, -0.2) is 23.3 Å². The van der Waals surface area contributed by atoms with Crippen molar-refractivity contribution in [3.8, 4) is 0 Å². The van der Waals surface area contributed by atoms with Gasteiger partial charge in [-0.3, -0.25) is 9.59 Å². The first kappa shape index (κ1) is 16.5. The second-order valence-corrected chi connectivity index (χ2v) is 6.59. The van der Waals surface area contributed by atoms with Gasteiger partial charge in [-0.2, -0.15) is 0 Å². The van der Waals surface area contributed by atoms with Gasteiger partial charge in [-0.1, -0.05) is 41.4 Å². The van der Waals surface area contributed by atoms with Gasteiger partial charge >= 0.3 is 0 Å². The number of amides is 2. The summed E-state index contributed by atoms with van der Waals surface area (Å²) in [6, 6.07) is 15.0. The first-order valence-corrected chi connectivity index (χ1v) is 8.29. The fraction of sp³-hybridized carbons (Fsp3) is 0.263. The Morgan fingerprint density at radius 3 is 2.50 bits per heavy atom. The van der Waals surface area contributed by atoms with Crippen molar-refractivity contribution >= 4 is 29.1 Å². The van der Waals surface area contributed by atoms with E-state index in [2.05, 4.69) is 5.32 Å². The molecule has 1 fully saturated rings. The average Bonchev–Trinajstić information content (AvgIpc) is 2.93. The molecular formula is C19H19ClN2O2. The van der Waals surface area contributed by atoms with Gasteiger partial charge in [0.25, 0.3) is 0 Å². The van der Waals surface area contributed by atoms with Crippen molar-refractivity contribution in [2.75, 3.05) is 11.9 Å². The molecule has 1 N–H and O–H groups in total. The largest absolute Gasteiger partial charge is 0.338 e. The maximum atomic E-state index is 12.4. The monoisotopic (exact) mass is 342 g/mol. The number of nitrogens with zero attached hydrogens (tertiary/aromatic N) is 1. The van der Waals surface area contributed by atoms with Gasteiger partial charge in [0.15, 0.2) is 0 Å². The Kier molecular flexibility index (Phi) is 4.86. The van der Waals surface area contributed by atoms with Crippen LogP contribution in [0, 0.1) is 12.8 Å². The van der Waals surface area contributed by atoms with Gasteiger partial charge in [0, 0.05) is 30.2 Å².